The van der Waals surface area contributed by atoms with Gasteiger partial charge in [0, 0.05) is 24.8 Å². The molecule has 1 saturated heterocycles. The number of benzene rings is 3. The summed E-state index contributed by atoms with van der Waals surface area (Å²) in [4.78, 5) is 35.2. The number of urea groups is 1. The topological polar surface area (TPSA) is 102 Å². The number of nitrogens with one attached hydrogen (secondary N) is 1. The van der Waals surface area contributed by atoms with Crippen LogP contribution in [-0.4, -0.2) is 51.3 Å². The van der Waals surface area contributed by atoms with Crippen molar-refractivity contribution < 1.29 is 27.5 Å². The number of hydrogen-bond donors (Lipinski definition) is 1. The molecule has 1 fully saturated rings. The Bertz CT molecular complexity index is 1640. The first-order chi connectivity index (χ1) is 20.6. The van der Waals surface area contributed by atoms with Crippen molar-refractivity contribution in [3.63, 3.8) is 0 Å². The molecule has 1 atom stereocenters. The number of nitrogens with zero attached hydrogens (tertiary/aromatic N) is 5. The summed E-state index contributed by atoms with van der Waals surface area (Å²) in [6, 6.07) is 19.0. The predicted molar refractivity (Wildman–Crippen MR) is 158 cm³/mol. The van der Waals surface area contributed by atoms with Gasteiger partial charge < -0.3 is 10.1 Å². The van der Waals surface area contributed by atoms with E-state index in [0.29, 0.717) is 35.5 Å². The summed E-state index contributed by atoms with van der Waals surface area (Å²) < 4.78 is 45.2. The molecular formula is C30H27F3N6O3S. The Morgan fingerprint density at radius 1 is 1.09 bits per heavy atom. The number of carbonyl (C=O) groups excluding carboxylic acids is 2. The van der Waals surface area contributed by atoms with Gasteiger partial charge in [0.1, 0.15) is 6.33 Å². The van der Waals surface area contributed by atoms with E-state index in [1.165, 1.54) is 39.8 Å². The van der Waals surface area contributed by atoms with Crippen LogP contribution in [0.1, 0.15) is 29.5 Å². The van der Waals surface area contributed by atoms with E-state index < -0.39 is 17.8 Å². The number of anilines is 1. The van der Waals surface area contributed by atoms with Crippen LogP contribution < -0.4 is 10.2 Å². The Hall–Kier alpha value is -4.49. The monoisotopic (exact) mass is 608 g/mol. The molecule has 3 aromatic carbocycles. The summed E-state index contributed by atoms with van der Waals surface area (Å²) in [5.74, 6) is 0.399. The van der Waals surface area contributed by atoms with Crippen molar-refractivity contribution in [3.05, 3.63) is 95.8 Å². The maximum Gasteiger partial charge on any atom is 0.416 e. The minimum absolute atomic E-state index is 0.0488. The minimum Gasteiger partial charge on any atom is -0.380 e. The molecule has 222 valence electrons. The van der Waals surface area contributed by atoms with Crippen LogP contribution in [0.5, 0.6) is 0 Å². The lowest BCUT2D eigenvalue weighted by Crippen LogP contribution is -2.32. The van der Waals surface area contributed by atoms with Crippen LogP contribution in [0.25, 0.3) is 17.1 Å². The van der Waals surface area contributed by atoms with E-state index >= 15 is 0 Å². The van der Waals surface area contributed by atoms with Gasteiger partial charge in [-0.1, -0.05) is 61.2 Å². The Labute approximate surface area is 249 Å². The van der Waals surface area contributed by atoms with Crippen molar-refractivity contribution in [2.24, 2.45) is 4.99 Å². The molecule has 4 aromatic rings. The molecule has 1 aromatic heterocycles. The van der Waals surface area contributed by atoms with Gasteiger partial charge in [-0.2, -0.15) is 18.2 Å². The second-order valence-electron chi connectivity index (χ2n) is 9.74. The number of amides is 3. The molecule has 5 rings (SSSR count). The van der Waals surface area contributed by atoms with E-state index in [-0.39, 0.29) is 17.6 Å². The molecule has 1 aliphatic rings. The van der Waals surface area contributed by atoms with Crippen LogP contribution in [0.4, 0.5) is 23.7 Å². The lowest BCUT2D eigenvalue weighted by molar-refractivity contribution is -0.137. The Morgan fingerprint density at radius 3 is 2.51 bits per heavy atom. The largest absolute Gasteiger partial charge is 0.416 e. The zero-order chi connectivity index (χ0) is 30.6. The highest BCUT2D eigenvalue weighted by atomic mass is 32.2. The molecule has 0 aliphatic carbocycles. The molecule has 3 amide bonds. The smallest absolute Gasteiger partial charge is 0.380 e. The fourth-order valence-corrected chi connectivity index (χ4v) is 5.31. The third-order valence-corrected chi connectivity index (χ3v) is 7.67. The molecule has 9 nitrogen and oxygen atoms in total. The normalized spacial score (nSPS) is 15.2. The molecule has 0 saturated carbocycles. The highest BCUT2D eigenvalue weighted by Crippen LogP contribution is 2.31. The van der Waals surface area contributed by atoms with Gasteiger partial charge in [-0.3, -0.25) is 9.69 Å². The van der Waals surface area contributed by atoms with Crippen LogP contribution in [0.3, 0.4) is 0 Å². The molecule has 0 spiro atoms. The second kappa shape index (κ2) is 12.8. The highest BCUT2D eigenvalue weighted by molar-refractivity contribution is 8.15. The van der Waals surface area contributed by atoms with Crippen molar-refractivity contribution in [1.82, 2.24) is 20.1 Å². The van der Waals surface area contributed by atoms with Crippen molar-refractivity contribution in [1.29, 1.82) is 0 Å². The molecule has 1 unspecified atom stereocenters. The molecule has 1 N–H and O–H groups in total. The first kappa shape index (κ1) is 30.0. The fourth-order valence-electron chi connectivity index (χ4n) is 4.46. The second-order valence-corrected chi connectivity index (χ2v) is 10.7. The van der Waals surface area contributed by atoms with E-state index in [9.17, 15) is 22.8 Å². The minimum atomic E-state index is -4.41. The van der Waals surface area contributed by atoms with Crippen molar-refractivity contribution >= 4 is 34.6 Å². The number of para-hydroxylation sites is 1. The number of halogens is 3. The van der Waals surface area contributed by atoms with Crippen molar-refractivity contribution in [2.75, 3.05) is 24.3 Å². The summed E-state index contributed by atoms with van der Waals surface area (Å²) in [5, 5.41) is 7.52. The van der Waals surface area contributed by atoms with Gasteiger partial charge in [-0.25, -0.2) is 14.5 Å². The molecule has 1 aliphatic heterocycles. The molecule has 2 heterocycles. The SMILES string of the molecule is COCc1ccccc1N1C(=O)CSC1=NC(=O)NCC(C)c1ccc(-c2ncn(-c3ccc(C(F)(F)F)cc3)n2)cc1. The quantitative estimate of drug-likeness (QED) is 0.262. The van der Waals surface area contributed by atoms with Gasteiger partial charge >= 0.3 is 12.2 Å². The number of methoxy groups -OCH3 is 1. The van der Waals surface area contributed by atoms with E-state index in [1.54, 1.807) is 13.2 Å². The summed E-state index contributed by atoms with van der Waals surface area (Å²) in [6.45, 7) is 2.59. The van der Waals surface area contributed by atoms with Gasteiger partial charge in [0.2, 0.25) is 5.91 Å². The Balaban J connectivity index is 1.20. The molecule has 0 bridgehead atoms. The number of alkyl halides is 3. The van der Waals surface area contributed by atoms with Gasteiger partial charge in [-0.15, -0.1) is 5.10 Å². The number of carbonyl (C=O) groups is 2. The van der Waals surface area contributed by atoms with Gasteiger partial charge in [0.05, 0.1) is 29.3 Å². The van der Waals surface area contributed by atoms with E-state index in [0.717, 1.165) is 28.8 Å². The number of rotatable bonds is 8. The lowest BCUT2D eigenvalue weighted by Gasteiger charge is -2.19. The Morgan fingerprint density at radius 2 is 1.81 bits per heavy atom. The van der Waals surface area contributed by atoms with Crippen molar-refractivity contribution in [2.45, 2.75) is 25.6 Å². The van der Waals surface area contributed by atoms with E-state index in [1.807, 2.05) is 49.4 Å². The molecule has 13 heteroatoms. The highest BCUT2D eigenvalue weighted by Gasteiger charge is 2.32. The number of hydrogen-bond acceptors (Lipinski definition) is 6. The zero-order valence-electron chi connectivity index (χ0n) is 23.2. The third-order valence-electron chi connectivity index (χ3n) is 6.74. The van der Waals surface area contributed by atoms with Crippen LogP contribution in [0.2, 0.25) is 0 Å². The summed E-state index contributed by atoms with van der Waals surface area (Å²) in [6.07, 6.45) is -2.96. The number of ether oxygens (including phenoxy) is 1. The van der Waals surface area contributed by atoms with Gasteiger partial charge in [-0.05, 0) is 41.8 Å². The summed E-state index contributed by atoms with van der Waals surface area (Å²) >= 11 is 1.21. The molecule has 0 radical (unpaired) electrons. The van der Waals surface area contributed by atoms with Crippen LogP contribution in [0.15, 0.2) is 84.1 Å². The van der Waals surface area contributed by atoms with Gasteiger partial charge in [0.25, 0.3) is 0 Å². The van der Waals surface area contributed by atoms with Crippen LogP contribution >= 0.6 is 11.8 Å². The van der Waals surface area contributed by atoms with Crippen LogP contribution in [-0.2, 0) is 22.3 Å². The zero-order valence-corrected chi connectivity index (χ0v) is 24.0. The maximum atomic E-state index is 12.8. The first-order valence-corrected chi connectivity index (χ1v) is 14.2. The molecule has 43 heavy (non-hydrogen) atoms. The lowest BCUT2D eigenvalue weighted by atomic mass is 10.00. The average Bonchev–Trinajstić information content (AvgIpc) is 3.63. The van der Waals surface area contributed by atoms with Crippen LogP contribution in [0, 0.1) is 0 Å². The van der Waals surface area contributed by atoms with E-state index in [2.05, 4.69) is 20.4 Å². The number of aliphatic imine (C=N–C) groups is 1. The van der Waals surface area contributed by atoms with Gasteiger partial charge in [0.15, 0.2) is 11.0 Å². The number of amidine groups is 1. The maximum absolute atomic E-state index is 12.8. The number of aromatic nitrogens is 3. The third kappa shape index (κ3) is 6.95. The number of thioether (sulfide) groups is 1. The summed E-state index contributed by atoms with van der Waals surface area (Å²) in [7, 11) is 1.58. The first-order valence-electron chi connectivity index (χ1n) is 13.2. The average molecular weight is 609 g/mol. The standard InChI is InChI=1S/C30H27F3N6O3S/c1-19(15-34-28(41)36-29-39(26(40)17-43-29)25-6-4-3-5-22(25)16-42-2)20-7-9-21(10-8-20)27-35-18-38(37-27)24-13-11-23(12-14-24)30(31,32)33/h3-14,18-19H,15-17H2,1-2H3,(H,34,41). The fraction of sp³-hybridized carbons (Fsp3) is 0.233. The summed E-state index contributed by atoms with van der Waals surface area (Å²) in [5.41, 5.74) is 2.86. The Kier molecular flexibility index (Phi) is 8.92. The van der Waals surface area contributed by atoms with Crippen molar-refractivity contribution in [3.8, 4) is 17.1 Å². The molecular weight excluding hydrogens is 581 g/mol. The van der Waals surface area contributed by atoms with E-state index in [4.69, 9.17) is 4.74 Å². The predicted octanol–water partition coefficient (Wildman–Crippen LogP) is 6.05.